The summed E-state index contributed by atoms with van der Waals surface area (Å²) in [5.74, 6) is 0.218. The Balaban J connectivity index is 0.00000144. The van der Waals surface area contributed by atoms with Gasteiger partial charge >= 0.3 is 5.97 Å². The molecule has 5 heteroatoms. The molecule has 0 radical (unpaired) electrons. The lowest BCUT2D eigenvalue weighted by atomic mass is 10.1. The van der Waals surface area contributed by atoms with Crippen molar-refractivity contribution in [2.24, 2.45) is 5.92 Å². The number of hydrogen-bond donors (Lipinski definition) is 1. The minimum atomic E-state index is -0.274. The molecule has 0 bridgehead atoms. The van der Waals surface area contributed by atoms with Gasteiger partial charge in [-0.05, 0) is 13.0 Å². The lowest BCUT2D eigenvalue weighted by Crippen LogP contribution is -2.19. The van der Waals surface area contributed by atoms with Crippen LogP contribution >= 0.6 is 12.4 Å². The van der Waals surface area contributed by atoms with Gasteiger partial charge in [0.25, 0.3) is 0 Å². The maximum atomic E-state index is 10.8. The average Bonchev–Trinajstić information content (AvgIpc) is 2.53. The van der Waals surface area contributed by atoms with E-state index in [-0.39, 0.29) is 25.0 Å². The number of carbonyl (C=O) groups is 1. The summed E-state index contributed by atoms with van der Waals surface area (Å²) in [6.45, 7) is 2.57. The Kier molecular flexibility index (Phi) is 6.94. The van der Waals surface area contributed by atoms with Crippen LogP contribution in [0.2, 0.25) is 0 Å². The van der Waals surface area contributed by atoms with Crippen molar-refractivity contribution in [3.05, 3.63) is 0 Å². The number of carbonyl (C=O) groups excluding carboxylic acids is 1. The summed E-state index contributed by atoms with van der Waals surface area (Å²) in [6.07, 6.45) is 1.10. The van der Waals surface area contributed by atoms with Gasteiger partial charge in [0.05, 0.1) is 6.61 Å². The number of ether oxygens (including phenoxy) is 2. The van der Waals surface area contributed by atoms with Gasteiger partial charge in [-0.3, -0.25) is 0 Å². The maximum Gasteiger partial charge on any atom is 0.332 e. The van der Waals surface area contributed by atoms with E-state index < -0.39 is 0 Å². The van der Waals surface area contributed by atoms with Crippen molar-refractivity contribution in [2.75, 3.05) is 33.4 Å². The molecule has 0 amide bonds. The molecule has 1 heterocycles. The van der Waals surface area contributed by atoms with Crippen LogP contribution in [-0.2, 0) is 14.3 Å². The van der Waals surface area contributed by atoms with E-state index in [9.17, 15) is 4.79 Å². The zero-order valence-corrected chi connectivity index (χ0v) is 8.56. The molecule has 1 unspecified atom stereocenters. The Labute approximate surface area is 84.4 Å². The summed E-state index contributed by atoms with van der Waals surface area (Å²) in [5.41, 5.74) is 0. The van der Waals surface area contributed by atoms with Gasteiger partial charge in [0.1, 0.15) is 6.61 Å². The van der Waals surface area contributed by atoms with E-state index in [2.05, 4.69) is 10.1 Å². The van der Waals surface area contributed by atoms with Crippen LogP contribution < -0.4 is 5.32 Å². The standard InChI is InChI=1S/C8H15NO3.ClH/c1-11-6-8(10)12-5-7-2-3-9-4-7;/h7,9H,2-6H2,1H3;1H. The first-order valence-corrected chi connectivity index (χ1v) is 4.18. The molecule has 1 aliphatic heterocycles. The molecular formula is C8H16ClNO3. The predicted molar refractivity (Wildman–Crippen MR) is 51.1 cm³/mol. The fourth-order valence-corrected chi connectivity index (χ4v) is 1.23. The normalized spacial score (nSPS) is 20.8. The molecule has 0 saturated carbocycles. The lowest BCUT2D eigenvalue weighted by molar-refractivity contribution is -0.149. The van der Waals surface area contributed by atoms with Crippen molar-refractivity contribution in [2.45, 2.75) is 6.42 Å². The van der Waals surface area contributed by atoms with Crippen LogP contribution in [0.4, 0.5) is 0 Å². The fraction of sp³-hybridized carbons (Fsp3) is 0.875. The second kappa shape index (κ2) is 7.12. The number of rotatable bonds is 4. The number of hydrogen-bond acceptors (Lipinski definition) is 4. The van der Waals surface area contributed by atoms with Crippen molar-refractivity contribution >= 4 is 18.4 Å². The summed E-state index contributed by atoms with van der Waals surface area (Å²) in [6, 6.07) is 0. The van der Waals surface area contributed by atoms with E-state index in [1.54, 1.807) is 0 Å². The third-order valence-corrected chi connectivity index (χ3v) is 1.90. The van der Waals surface area contributed by atoms with E-state index in [1.165, 1.54) is 7.11 Å². The largest absolute Gasteiger partial charge is 0.464 e. The number of halogens is 1. The van der Waals surface area contributed by atoms with Gasteiger partial charge in [0, 0.05) is 19.6 Å². The van der Waals surface area contributed by atoms with Crippen LogP contribution in [0.5, 0.6) is 0 Å². The summed E-state index contributed by atoms with van der Waals surface area (Å²) >= 11 is 0. The highest BCUT2D eigenvalue weighted by Gasteiger charge is 2.15. The highest BCUT2D eigenvalue weighted by atomic mass is 35.5. The Morgan fingerprint density at radius 3 is 2.92 bits per heavy atom. The molecule has 0 aliphatic carbocycles. The molecule has 0 aromatic rings. The number of methoxy groups -OCH3 is 1. The van der Waals surface area contributed by atoms with Gasteiger partial charge < -0.3 is 14.8 Å². The molecule has 78 valence electrons. The van der Waals surface area contributed by atoms with Crippen LogP contribution in [0.15, 0.2) is 0 Å². The second-order valence-electron chi connectivity index (χ2n) is 2.97. The molecule has 1 aliphatic rings. The Morgan fingerprint density at radius 2 is 2.38 bits per heavy atom. The molecule has 13 heavy (non-hydrogen) atoms. The minimum absolute atomic E-state index is 0. The van der Waals surface area contributed by atoms with Crippen molar-refractivity contribution in [3.63, 3.8) is 0 Å². The molecule has 4 nitrogen and oxygen atoms in total. The summed E-state index contributed by atoms with van der Waals surface area (Å²) < 4.78 is 9.59. The third-order valence-electron chi connectivity index (χ3n) is 1.90. The molecule has 0 aromatic carbocycles. The van der Waals surface area contributed by atoms with E-state index in [0.29, 0.717) is 12.5 Å². The maximum absolute atomic E-state index is 10.8. The molecule has 1 atom stereocenters. The van der Waals surface area contributed by atoms with Gasteiger partial charge in [-0.1, -0.05) is 0 Å². The fourth-order valence-electron chi connectivity index (χ4n) is 1.23. The monoisotopic (exact) mass is 209 g/mol. The van der Waals surface area contributed by atoms with E-state index in [1.807, 2.05) is 0 Å². The minimum Gasteiger partial charge on any atom is -0.464 e. The zero-order valence-electron chi connectivity index (χ0n) is 7.75. The molecule has 1 rings (SSSR count). The molecule has 0 aromatic heterocycles. The molecular weight excluding hydrogens is 194 g/mol. The third kappa shape index (κ3) is 5.08. The van der Waals surface area contributed by atoms with Crippen LogP contribution in [0.25, 0.3) is 0 Å². The van der Waals surface area contributed by atoms with Crippen molar-refractivity contribution in [1.29, 1.82) is 0 Å². The second-order valence-corrected chi connectivity index (χ2v) is 2.97. The number of nitrogens with one attached hydrogen (secondary N) is 1. The average molecular weight is 210 g/mol. The van der Waals surface area contributed by atoms with E-state index in [0.717, 1.165) is 19.5 Å². The van der Waals surface area contributed by atoms with Crippen molar-refractivity contribution < 1.29 is 14.3 Å². The summed E-state index contributed by atoms with van der Waals surface area (Å²) in [4.78, 5) is 10.8. The Bertz CT molecular complexity index is 148. The first-order valence-electron chi connectivity index (χ1n) is 4.18. The molecule has 1 fully saturated rings. The van der Waals surface area contributed by atoms with Crippen LogP contribution in [0, 0.1) is 5.92 Å². The Hall–Kier alpha value is -0.320. The number of esters is 1. The van der Waals surface area contributed by atoms with Crippen molar-refractivity contribution in [3.8, 4) is 0 Å². The highest BCUT2D eigenvalue weighted by molar-refractivity contribution is 5.85. The van der Waals surface area contributed by atoms with Crippen LogP contribution in [0.3, 0.4) is 0 Å². The summed E-state index contributed by atoms with van der Waals surface area (Å²) in [5, 5.41) is 3.21. The highest BCUT2D eigenvalue weighted by Crippen LogP contribution is 2.07. The van der Waals surface area contributed by atoms with Gasteiger partial charge in [0.15, 0.2) is 0 Å². The Morgan fingerprint density at radius 1 is 1.62 bits per heavy atom. The molecule has 1 saturated heterocycles. The summed E-state index contributed by atoms with van der Waals surface area (Å²) in [7, 11) is 1.48. The van der Waals surface area contributed by atoms with Gasteiger partial charge in [-0.2, -0.15) is 0 Å². The lowest BCUT2D eigenvalue weighted by Gasteiger charge is -2.08. The van der Waals surface area contributed by atoms with E-state index in [4.69, 9.17) is 4.74 Å². The van der Waals surface area contributed by atoms with Gasteiger partial charge in [-0.25, -0.2) is 4.79 Å². The first kappa shape index (κ1) is 12.7. The van der Waals surface area contributed by atoms with Gasteiger partial charge in [-0.15, -0.1) is 12.4 Å². The topological polar surface area (TPSA) is 47.6 Å². The zero-order chi connectivity index (χ0) is 8.81. The smallest absolute Gasteiger partial charge is 0.332 e. The van der Waals surface area contributed by atoms with Gasteiger partial charge in [0.2, 0.25) is 0 Å². The molecule has 0 spiro atoms. The van der Waals surface area contributed by atoms with Crippen molar-refractivity contribution in [1.82, 2.24) is 5.32 Å². The van der Waals surface area contributed by atoms with Crippen LogP contribution in [-0.4, -0.2) is 39.4 Å². The predicted octanol–water partition coefficient (Wildman–Crippen LogP) is 0.207. The molecule has 1 N–H and O–H groups in total. The van der Waals surface area contributed by atoms with Crippen LogP contribution in [0.1, 0.15) is 6.42 Å². The quantitative estimate of drug-likeness (QED) is 0.673. The SMILES string of the molecule is COCC(=O)OCC1CCNC1.Cl. The first-order chi connectivity index (χ1) is 5.83. The van der Waals surface area contributed by atoms with E-state index >= 15 is 0 Å².